The summed E-state index contributed by atoms with van der Waals surface area (Å²) in [7, 11) is -2.49. The quantitative estimate of drug-likeness (QED) is 0.716. The second-order valence-corrected chi connectivity index (χ2v) is 7.40. The second-order valence-electron chi connectivity index (χ2n) is 5.34. The van der Waals surface area contributed by atoms with Crippen molar-refractivity contribution in [3.63, 3.8) is 0 Å². The Labute approximate surface area is 150 Å². The predicted molar refractivity (Wildman–Crippen MR) is 92.2 cm³/mol. The molecule has 26 heavy (non-hydrogen) atoms. The number of hydrogen-bond donors (Lipinski definition) is 0. The lowest BCUT2D eigenvalue weighted by atomic mass is 10.2. The van der Waals surface area contributed by atoms with Crippen molar-refractivity contribution < 1.29 is 32.2 Å². The summed E-state index contributed by atoms with van der Waals surface area (Å²) in [6.07, 6.45) is 0. The molecule has 0 bridgehead atoms. The number of benzene rings is 2. The number of ether oxygens (including phenoxy) is 4. The van der Waals surface area contributed by atoms with Crippen molar-refractivity contribution in [1.82, 2.24) is 0 Å². The summed E-state index contributed by atoms with van der Waals surface area (Å²) in [5.74, 6) is 0.204. The third-order valence-corrected chi connectivity index (χ3v) is 5.45. The molecule has 136 valence electrons. The molecular formula is C18H16O7S. The van der Waals surface area contributed by atoms with Crippen LogP contribution in [-0.4, -0.2) is 34.9 Å². The van der Waals surface area contributed by atoms with Gasteiger partial charge in [0.1, 0.15) is 6.61 Å². The van der Waals surface area contributed by atoms with Crippen LogP contribution in [0.1, 0.15) is 10.4 Å². The number of methoxy groups -OCH3 is 1. The van der Waals surface area contributed by atoms with Crippen molar-refractivity contribution in [1.29, 1.82) is 0 Å². The Morgan fingerprint density at radius 3 is 2.62 bits per heavy atom. The molecule has 0 saturated carbocycles. The molecule has 1 aliphatic heterocycles. The predicted octanol–water partition coefficient (Wildman–Crippen LogP) is 2.57. The highest BCUT2D eigenvalue weighted by atomic mass is 32.2. The summed E-state index contributed by atoms with van der Waals surface area (Å²) in [5, 5.41) is 0. The van der Waals surface area contributed by atoms with E-state index in [-0.39, 0.29) is 34.5 Å². The van der Waals surface area contributed by atoms with E-state index in [0.29, 0.717) is 11.5 Å². The van der Waals surface area contributed by atoms with Gasteiger partial charge in [0.15, 0.2) is 11.5 Å². The molecule has 0 spiro atoms. The van der Waals surface area contributed by atoms with Crippen LogP contribution >= 0.6 is 0 Å². The fourth-order valence-corrected chi connectivity index (χ4v) is 3.39. The molecule has 1 aliphatic rings. The summed E-state index contributed by atoms with van der Waals surface area (Å²) < 4.78 is 45.8. The smallest absolute Gasteiger partial charge is 0.338 e. The van der Waals surface area contributed by atoms with Gasteiger partial charge in [-0.3, -0.25) is 0 Å². The minimum absolute atomic E-state index is 0.0282. The highest BCUT2D eigenvalue weighted by molar-refractivity contribution is 7.95. The third kappa shape index (κ3) is 3.36. The maximum atomic E-state index is 12.5. The standard InChI is InChI=1S/C18H16O7S/c1-12(26(20,21)14-6-4-3-5-7-14)10-23-15-8-13(18(19)22-2)9-16-17(15)25-11-24-16/h3-9H,1,10-11H2,2H3. The summed E-state index contributed by atoms with van der Waals surface area (Å²) >= 11 is 0. The maximum absolute atomic E-state index is 12.5. The Hall–Kier alpha value is -3.00. The van der Waals surface area contributed by atoms with Gasteiger partial charge in [-0.25, -0.2) is 13.2 Å². The molecule has 2 aromatic rings. The van der Waals surface area contributed by atoms with Gasteiger partial charge < -0.3 is 18.9 Å². The fraction of sp³-hybridized carbons (Fsp3) is 0.167. The summed E-state index contributed by atoms with van der Waals surface area (Å²) in [6, 6.07) is 10.8. The first-order chi connectivity index (χ1) is 12.4. The zero-order valence-electron chi connectivity index (χ0n) is 13.9. The second kappa shape index (κ2) is 7.09. The van der Waals surface area contributed by atoms with Crippen LogP contribution in [0.5, 0.6) is 17.2 Å². The van der Waals surface area contributed by atoms with Gasteiger partial charge in [-0.05, 0) is 24.3 Å². The minimum atomic E-state index is -3.74. The number of carbonyl (C=O) groups is 1. The summed E-state index contributed by atoms with van der Waals surface area (Å²) in [5.41, 5.74) is 0.197. The molecule has 0 aliphatic carbocycles. The molecule has 8 heteroatoms. The van der Waals surface area contributed by atoms with Gasteiger partial charge >= 0.3 is 5.97 Å². The Kier molecular flexibility index (Phi) is 4.85. The number of hydrogen-bond acceptors (Lipinski definition) is 7. The number of fused-ring (bicyclic) bond motifs is 1. The molecule has 0 aromatic heterocycles. The van der Waals surface area contributed by atoms with Crippen molar-refractivity contribution in [3.8, 4) is 17.2 Å². The van der Waals surface area contributed by atoms with Gasteiger partial charge in [0, 0.05) is 0 Å². The van der Waals surface area contributed by atoms with E-state index >= 15 is 0 Å². The lowest BCUT2D eigenvalue weighted by Crippen LogP contribution is -2.12. The van der Waals surface area contributed by atoms with E-state index in [2.05, 4.69) is 11.3 Å². The van der Waals surface area contributed by atoms with Gasteiger partial charge in [-0.2, -0.15) is 0 Å². The van der Waals surface area contributed by atoms with Crippen LogP contribution in [0, 0.1) is 0 Å². The van der Waals surface area contributed by atoms with E-state index < -0.39 is 15.8 Å². The van der Waals surface area contributed by atoms with Crippen LogP contribution in [0.3, 0.4) is 0 Å². The molecule has 3 rings (SSSR count). The fourth-order valence-electron chi connectivity index (χ4n) is 2.32. The van der Waals surface area contributed by atoms with E-state index in [1.165, 1.54) is 31.4 Å². The minimum Gasteiger partial charge on any atom is -0.484 e. The van der Waals surface area contributed by atoms with Crippen LogP contribution in [0.25, 0.3) is 0 Å². The van der Waals surface area contributed by atoms with Crippen molar-refractivity contribution in [2.24, 2.45) is 0 Å². The van der Waals surface area contributed by atoms with Crippen molar-refractivity contribution in [3.05, 3.63) is 59.5 Å². The Morgan fingerprint density at radius 1 is 1.19 bits per heavy atom. The third-order valence-electron chi connectivity index (χ3n) is 3.68. The normalized spacial score (nSPS) is 12.5. The molecule has 0 N–H and O–H groups in total. The van der Waals surface area contributed by atoms with Gasteiger partial charge in [0.2, 0.25) is 22.4 Å². The first kappa shape index (κ1) is 17.8. The Morgan fingerprint density at radius 2 is 1.92 bits per heavy atom. The van der Waals surface area contributed by atoms with E-state index in [1.54, 1.807) is 18.2 Å². The monoisotopic (exact) mass is 376 g/mol. The maximum Gasteiger partial charge on any atom is 0.338 e. The van der Waals surface area contributed by atoms with Gasteiger partial charge in [0.05, 0.1) is 22.5 Å². The Balaban J connectivity index is 1.83. The largest absolute Gasteiger partial charge is 0.484 e. The number of carbonyl (C=O) groups excluding carboxylic acids is 1. The molecule has 7 nitrogen and oxygen atoms in total. The molecule has 0 amide bonds. The molecule has 0 atom stereocenters. The topological polar surface area (TPSA) is 88.1 Å². The van der Waals surface area contributed by atoms with E-state index in [0.717, 1.165) is 0 Å². The molecule has 0 saturated heterocycles. The van der Waals surface area contributed by atoms with Gasteiger partial charge in [0.25, 0.3) is 0 Å². The molecule has 1 heterocycles. The lowest BCUT2D eigenvalue weighted by molar-refractivity contribution is 0.0600. The van der Waals surface area contributed by atoms with E-state index in [4.69, 9.17) is 14.2 Å². The molecular weight excluding hydrogens is 360 g/mol. The van der Waals surface area contributed by atoms with Crippen LogP contribution in [0.4, 0.5) is 0 Å². The molecule has 0 radical (unpaired) electrons. The van der Waals surface area contributed by atoms with Crippen LogP contribution < -0.4 is 14.2 Å². The van der Waals surface area contributed by atoms with Crippen LogP contribution in [0.2, 0.25) is 0 Å². The average molecular weight is 376 g/mol. The highest BCUT2D eigenvalue weighted by Crippen LogP contribution is 2.42. The molecule has 2 aromatic carbocycles. The molecule has 0 fully saturated rings. The zero-order valence-corrected chi connectivity index (χ0v) is 14.7. The first-order valence-corrected chi connectivity index (χ1v) is 9.04. The number of rotatable bonds is 6. The van der Waals surface area contributed by atoms with Crippen LogP contribution in [0.15, 0.2) is 58.8 Å². The summed E-state index contributed by atoms with van der Waals surface area (Å²) in [4.78, 5) is 11.8. The SMILES string of the molecule is C=C(COc1cc(C(=O)OC)cc2c1OCO2)S(=O)(=O)c1ccccc1. The average Bonchev–Trinajstić information content (AvgIpc) is 3.14. The van der Waals surface area contributed by atoms with Crippen molar-refractivity contribution in [2.75, 3.05) is 20.5 Å². The number of sulfone groups is 1. The van der Waals surface area contributed by atoms with Gasteiger partial charge in [-0.1, -0.05) is 24.8 Å². The molecule has 0 unspecified atom stereocenters. The summed E-state index contributed by atoms with van der Waals surface area (Å²) in [6.45, 7) is 3.27. The lowest BCUT2D eigenvalue weighted by Gasteiger charge is -2.12. The van der Waals surface area contributed by atoms with Gasteiger partial charge in [-0.15, -0.1) is 0 Å². The highest BCUT2D eigenvalue weighted by Gasteiger charge is 2.25. The first-order valence-electron chi connectivity index (χ1n) is 7.56. The Bertz CT molecular complexity index is 949. The van der Waals surface area contributed by atoms with E-state index in [1.807, 2.05) is 0 Å². The van der Waals surface area contributed by atoms with Crippen molar-refractivity contribution >= 4 is 15.8 Å². The number of esters is 1. The zero-order chi connectivity index (χ0) is 18.7. The van der Waals surface area contributed by atoms with Crippen LogP contribution in [-0.2, 0) is 14.6 Å². The van der Waals surface area contributed by atoms with E-state index in [9.17, 15) is 13.2 Å². The van der Waals surface area contributed by atoms with Crippen molar-refractivity contribution in [2.45, 2.75) is 4.90 Å².